The van der Waals surface area contributed by atoms with Gasteiger partial charge in [0, 0.05) is 12.7 Å². The van der Waals surface area contributed by atoms with Crippen molar-refractivity contribution in [2.75, 3.05) is 0 Å². The maximum absolute atomic E-state index is 13.2. The Morgan fingerprint density at radius 1 is 1.15 bits per heavy atom. The van der Waals surface area contributed by atoms with E-state index in [-0.39, 0.29) is 12.5 Å². The summed E-state index contributed by atoms with van der Waals surface area (Å²) >= 11 is 0. The highest BCUT2D eigenvalue weighted by Gasteiger charge is 2.12. The smallest absolute Gasteiger partial charge is 0.254 e. The van der Waals surface area contributed by atoms with E-state index in [1.54, 1.807) is 0 Å². The molecule has 0 unspecified atom stereocenters. The van der Waals surface area contributed by atoms with Gasteiger partial charge in [-0.25, -0.2) is 18.4 Å². The highest BCUT2D eigenvalue weighted by molar-refractivity contribution is 5.93. The van der Waals surface area contributed by atoms with Crippen LogP contribution >= 0.6 is 0 Å². The third-order valence-corrected chi connectivity index (χ3v) is 3.88. The molecule has 0 aliphatic carbocycles. The Labute approximate surface area is 146 Å². The van der Waals surface area contributed by atoms with Crippen molar-refractivity contribution in [3.8, 4) is 5.95 Å². The number of aromatic amines is 1. The highest BCUT2D eigenvalue weighted by Crippen LogP contribution is 2.13. The average molecular weight is 353 g/mol. The van der Waals surface area contributed by atoms with Gasteiger partial charge < -0.3 is 10.3 Å². The maximum Gasteiger partial charge on any atom is 0.254 e. The number of rotatable bonds is 4. The number of carbonyl (C=O) groups excluding carboxylic acids is 1. The second kappa shape index (κ2) is 6.40. The fourth-order valence-electron chi connectivity index (χ4n) is 2.54. The zero-order chi connectivity index (χ0) is 18.1. The van der Waals surface area contributed by atoms with Crippen molar-refractivity contribution in [1.29, 1.82) is 0 Å². The molecule has 2 aromatic heterocycles. The van der Waals surface area contributed by atoms with E-state index in [0.29, 0.717) is 17.1 Å². The lowest BCUT2D eigenvalue weighted by molar-refractivity contribution is 0.0951. The lowest BCUT2D eigenvalue weighted by Crippen LogP contribution is -2.22. The van der Waals surface area contributed by atoms with Crippen molar-refractivity contribution in [2.24, 2.45) is 0 Å². The number of hydrogen-bond acceptors (Lipinski definition) is 3. The predicted octanol–water partition coefficient (Wildman–Crippen LogP) is 2.96. The fraction of sp³-hybridized carbons (Fsp3) is 0.0556. The van der Waals surface area contributed by atoms with E-state index >= 15 is 0 Å². The Balaban J connectivity index is 1.48. The molecule has 4 aromatic rings. The highest BCUT2D eigenvalue weighted by atomic mass is 19.2. The Morgan fingerprint density at radius 2 is 2.00 bits per heavy atom. The molecule has 2 heterocycles. The molecular weight excluding hydrogens is 340 g/mol. The van der Waals surface area contributed by atoms with Gasteiger partial charge in [-0.2, -0.15) is 5.10 Å². The van der Waals surface area contributed by atoms with Crippen LogP contribution in [-0.2, 0) is 6.54 Å². The van der Waals surface area contributed by atoms with Gasteiger partial charge >= 0.3 is 0 Å². The first-order valence-electron chi connectivity index (χ1n) is 7.82. The van der Waals surface area contributed by atoms with E-state index in [1.165, 1.54) is 23.1 Å². The number of nitrogens with zero attached hydrogens (tertiary/aromatic N) is 3. The molecule has 0 bridgehead atoms. The maximum atomic E-state index is 13.2. The Kier molecular flexibility index (Phi) is 3.92. The molecule has 2 N–H and O–H groups in total. The second-order valence-electron chi connectivity index (χ2n) is 5.68. The molecule has 6 nitrogen and oxygen atoms in total. The number of amides is 1. The molecule has 0 saturated heterocycles. The molecule has 0 spiro atoms. The number of aromatic nitrogens is 4. The van der Waals surface area contributed by atoms with Gasteiger partial charge in [-0.15, -0.1) is 0 Å². The van der Waals surface area contributed by atoms with Gasteiger partial charge in [0.2, 0.25) is 5.95 Å². The van der Waals surface area contributed by atoms with Gasteiger partial charge in [-0.3, -0.25) is 4.79 Å². The van der Waals surface area contributed by atoms with Crippen molar-refractivity contribution in [2.45, 2.75) is 6.54 Å². The van der Waals surface area contributed by atoms with Gasteiger partial charge in [-0.05, 0) is 29.8 Å². The average Bonchev–Trinajstić information content (AvgIpc) is 3.29. The minimum Gasteiger partial charge on any atom is -0.348 e. The fourth-order valence-corrected chi connectivity index (χ4v) is 2.54. The number of nitrogens with one attached hydrogen (secondary N) is 2. The number of benzene rings is 2. The van der Waals surface area contributed by atoms with Crippen LogP contribution in [0.1, 0.15) is 15.9 Å². The third kappa shape index (κ3) is 3.04. The lowest BCUT2D eigenvalue weighted by Gasteiger charge is -2.04. The van der Waals surface area contributed by atoms with Crippen LogP contribution in [0.5, 0.6) is 0 Å². The number of hydrogen-bond donors (Lipinski definition) is 2. The zero-order valence-electron chi connectivity index (χ0n) is 13.4. The first-order chi connectivity index (χ1) is 12.6. The summed E-state index contributed by atoms with van der Waals surface area (Å²) in [4.78, 5) is 19.7. The zero-order valence-corrected chi connectivity index (χ0v) is 13.4. The number of halogens is 2. The van der Waals surface area contributed by atoms with Gasteiger partial charge in [0.15, 0.2) is 11.6 Å². The SMILES string of the molecule is O=C(NCc1ccc(F)c(F)c1)c1cnn(-c2nc3ccccc3[nH]2)c1. The Bertz CT molecular complexity index is 1070. The van der Waals surface area contributed by atoms with Crippen LogP contribution in [0.3, 0.4) is 0 Å². The van der Waals surface area contributed by atoms with Crippen molar-refractivity contribution < 1.29 is 13.6 Å². The number of H-pyrrole nitrogens is 1. The van der Waals surface area contributed by atoms with Crippen LogP contribution in [-0.4, -0.2) is 25.7 Å². The van der Waals surface area contributed by atoms with Crippen LogP contribution in [0.15, 0.2) is 54.9 Å². The van der Waals surface area contributed by atoms with Crippen LogP contribution < -0.4 is 5.32 Å². The summed E-state index contributed by atoms with van der Waals surface area (Å²) < 4.78 is 27.6. The molecule has 26 heavy (non-hydrogen) atoms. The number of imidazole rings is 1. The molecule has 0 saturated carbocycles. The molecule has 0 radical (unpaired) electrons. The van der Waals surface area contributed by atoms with Crippen molar-refractivity contribution in [3.05, 3.63) is 77.6 Å². The standard InChI is InChI=1S/C18H13F2N5O/c19-13-6-5-11(7-14(13)20)8-21-17(26)12-9-22-25(10-12)18-23-15-3-1-2-4-16(15)24-18/h1-7,9-10H,8H2,(H,21,26)(H,23,24). The summed E-state index contributed by atoms with van der Waals surface area (Å²) in [6, 6.07) is 11.0. The predicted molar refractivity (Wildman–Crippen MR) is 90.7 cm³/mol. The summed E-state index contributed by atoms with van der Waals surface area (Å²) in [5.41, 5.74) is 2.44. The molecule has 0 atom stereocenters. The summed E-state index contributed by atoms with van der Waals surface area (Å²) in [6.45, 7) is 0.0752. The largest absolute Gasteiger partial charge is 0.348 e. The third-order valence-electron chi connectivity index (χ3n) is 3.88. The normalized spacial score (nSPS) is 11.0. The monoisotopic (exact) mass is 353 g/mol. The summed E-state index contributed by atoms with van der Waals surface area (Å²) in [5.74, 6) is -1.76. The quantitative estimate of drug-likeness (QED) is 0.592. The van der Waals surface area contributed by atoms with E-state index in [2.05, 4.69) is 20.4 Å². The van der Waals surface area contributed by atoms with E-state index in [0.717, 1.165) is 23.2 Å². The van der Waals surface area contributed by atoms with E-state index in [1.807, 2.05) is 24.3 Å². The number of fused-ring (bicyclic) bond motifs is 1. The number of carbonyl (C=O) groups is 1. The number of para-hydroxylation sites is 2. The topological polar surface area (TPSA) is 75.6 Å². The van der Waals surface area contributed by atoms with Crippen LogP contribution in [0, 0.1) is 11.6 Å². The molecule has 8 heteroatoms. The first-order valence-corrected chi connectivity index (χ1v) is 7.82. The molecule has 0 fully saturated rings. The Morgan fingerprint density at radius 3 is 2.81 bits per heavy atom. The van der Waals surface area contributed by atoms with Crippen molar-refractivity contribution >= 4 is 16.9 Å². The van der Waals surface area contributed by atoms with Crippen LogP contribution in [0.4, 0.5) is 8.78 Å². The second-order valence-corrected chi connectivity index (χ2v) is 5.68. The van der Waals surface area contributed by atoms with Crippen LogP contribution in [0.25, 0.3) is 17.0 Å². The van der Waals surface area contributed by atoms with Gasteiger partial charge in [0.1, 0.15) is 0 Å². The molecule has 2 aromatic carbocycles. The minimum absolute atomic E-state index is 0.0752. The molecule has 4 rings (SSSR count). The minimum atomic E-state index is -0.950. The molecule has 0 aliphatic heterocycles. The van der Waals surface area contributed by atoms with Crippen molar-refractivity contribution in [1.82, 2.24) is 25.1 Å². The molecular formula is C18H13F2N5O. The molecule has 130 valence electrons. The van der Waals surface area contributed by atoms with E-state index < -0.39 is 11.6 Å². The lowest BCUT2D eigenvalue weighted by atomic mass is 10.2. The van der Waals surface area contributed by atoms with Crippen LogP contribution in [0.2, 0.25) is 0 Å². The van der Waals surface area contributed by atoms with Crippen molar-refractivity contribution in [3.63, 3.8) is 0 Å². The Hall–Kier alpha value is -3.55. The first kappa shape index (κ1) is 15.9. The summed E-state index contributed by atoms with van der Waals surface area (Å²) in [7, 11) is 0. The van der Waals surface area contributed by atoms with Gasteiger partial charge in [0.05, 0.1) is 22.8 Å². The van der Waals surface area contributed by atoms with E-state index in [9.17, 15) is 13.6 Å². The van der Waals surface area contributed by atoms with Gasteiger partial charge in [0.25, 0.3) is 5.91 Å². The summed E-state index contributed by atoms with van der Waals surface area (Å²) in [5, 5.41) is 6.78. The molecule has 1 amide bonds. The van der Waals surface area contributed by atoms with Gasteiger partial charge in [-0.1, -0.05) is 18.2 Å². The summed E-state index contributed by atoms with van der Waals surface area (Å²) in [6.07, 6.45) is 2.95. The van der Waals surface area contributed by atoms with E-state index in [4.69, 9.17) is 0 Å². The molecule has 0 aliphatic rings.